The maximum Gasteiger partial charge on any atom is 0.193 e. The first-order chi connectivity index (χ1) is 11.8. The number of benzene rings is 1. The van der Waals surface area contributed by atoms with E-state index in [0.29, 0.717) is 5.92 Å². The van der Waals surface area contributed by atoms with Crippen LogP contribution in [0.25, 0.3) is 0 Å². The predicted molar refractivity (Wildman–Crippen MR) is 98.3 cm³/mol. The lowest BCUT2D eigenvalue weighted by molar-refractivity contribution is 0.485. The molecule has 0 aliphatic carbocycles. The SMILES string of the molecule is CN=C(NCCCc1cnn(C)c1)N1CCC(c2ccccc2)C1. The summed E-state index contributed by atoms with van der Waals surface area (Å²) in [6, 6.07) is 10.8. The molecule has 128 valence electrons. The van der Waals surface area contributed by atoms with Crippen LogP contribution in [0.4, 0.5) is 0 Å². The molecule has 5 nitrogen and oxygen atoms in total. The van der Waals surface area contributed by atoms with E-state index in [4.69, 9.17) is 0 Å². The van der Waals surface area contributed by atoms with Gasteiger partial charge in [0.25, 0.3) is 0 Å². The topological polar surface area (TPSA) is 45.5 Å². The summed E-state index contributed by atoms with van der Waals surface area (Å²) in [6.45, 7) is 3.06. The van der Waals surface area contributed by atoms with Crippen molar-refractivity contribution in [3.05, 3.63) is 53.9 Å². The number of aryl methyl sites for hydroxylation is 2. The number of rotatable bonds is 5. The summed E-state index contributed by atoms with van der Waals surface area (Å²) in [4.78, 5) is 6.84. The molecule has 2 heterocycles. The molecule has 3 rings (SSSR count). The third-order valence-electron chi connectivity index (χ3n) is 4.65. The average Bonchev–Trinajstić information content (AvgIpc) is 3.25. The Kier molecular flexibility index (Phi) is 5.51. The van der Waals surface area contributed by atoms with Crippen LogP contribution in [0.15, 0.2) is 47.7 Å². The zero-order valence-corrected chi connectivity index (χ0v) is 14.7. The number of aliphatic imine (C=N–C) groups is 1. The van der Waals surface area contributed by atoms with Crippen molar-refractivity contribution in [3.8, 4) is 0 Å². The van der Waals surface area contributed by atoms with E-state index in [1.54, 1.807) is 0 Å². The summed E-state index contributed by atoms with van der Waals surface area (Å²) >= 11 is 0. The van der Waals surface area contributed by atoms with Crippen LogP contribution in [0.3, 0.4) is 0 Å². The molecular weight excluding hydrogens is 298 g/mol. The smallest absolute Gasteiger partial charge is 0.193 e. The number of nitrogens with zero attached hydrogens (tertiary/aromatic N) is 4. The first-order valence-corrected chi connectivity index (χ1v) is 8.74. The third-order valence-corrected chi connectivity index (χ3v) is 4.65. The number of nitrogens with one attached hydrogen (secondary N) is 1. The van der Waals surface area contributed by atoms with Crippen molar-refractivity contribution in [2.24, 2.45) is 12.0 Å². The Labute approximate surface area is 144 Å². The van der Waals surface area contributed by atoms with Gasteiger partial charge in [0.05, 0.1) is 6.20 Å². The minimum Gasteiger partial charge on any atom is -0.356 e. The quantitative estimate of drug-likeness (QED) is 0.522. The van der Waals surface area contributed by atoms with Crippen molar-refractivity contribution in [1.82, 2.24) is 20.0 Å². The Morgan fingerprint density at radius 1 is 1.33 bits per heavy atom. The van der Waals surface area contributed by atoms with Crippen LogP contribution in [-0.2, 0) is 13.5 Å². The Morgan fingerprint density at radius 3 is 2.88 bits per heavy atom. The number of likely N-dealkylation sites (tertiary alicyclic amines) is 1. The highest BCUT2D eigenvalue weighted by molar-refractivity contribution is 5.80. The first kappa shape index (κ1) is 16.6. The summed E-state index contributed by atoms with van der Waals surface area (Å²) in [7, 11) is 3.83. The molecule has 5 heteroatoms. The molecule has 1 aromatic heterocycles. The van der Waals surface area contributed by atoms with E-state index in [2.05, 4.69) is 56.8 Å². The van der Waals surface area contributed by atoms with E-state index < -0.39 is 0 Å². The van der Waals surface area contributed by atoms with Gasteiger partial charge in [-0.2, -0.15) is 5.10 Å². The maximum absolute atomic E-state index is 4.46. The fourth-order valence-electron chi connectivity index (χ4n) is 3.38. The monoisotopic (exact) mass is 325 g/mol. The van der Waals surface area contributed by atoms with Crippen LogP contribution in [0, 0.1) is 0 Å². The molecule has 1 N–H and O–H groups in total. The zero-order chi connectivity index (χ0) is 16.8. The molecular formula is C19H27N5. The average molecular weight is 325 g/mol. The number of aromatic nitrogens is 2. The molecule has 1 aliphatic heterocycles. The van der Waals surface area contributed by atoms with Crippen molar-refractivity contribution >= 4 is 5.96 Å². The van der Waals surface area contributed by atoms with E-state index in [-0.39, 0.29) is 0 Å². The Hall–Kier alpha value is -2.30. The van der Waals surface area contributed by atoms with Crippen LogP contribution in [0.5, 0.6) is 0 Å². The van der Waals surface area contributed by atoms with E-state index in [1.165, 1.54) is 17.5 Å². The molecule has 0 bridgehead atoms. The molecule has 1 atom stereocenters. The molecule has 0 spiro atoms. The minimum atomic E-state index is 0.611. The molecule has 0 amide bonds. The normalized spacial score (nSPS) is 18.2. The van der Waals surface area contributed by atoms with Gasteiger partial charge in [-0.1, -0.05) is 30.3 Å². The highest BCUT2D eigenvalue weighted by atomic mass is 15.3. The fourth-order valence-corrected chi connectivity index (χ4v) is 3.38. The van der Waals surface area contributed by atoms with Gasteiger partial charge in [0, 0.05) is 45.8 Å². The van der Waals surface area contributed by atoms with Gasteiger partial charge in [-0.05, 0) is 30.4 Å². The Morgan fingerprint density at radius 2 is 2.17 bits per heavy atom. The second kappa shape index (κ2) is 7.99. The van der Waals surface area contributed by atoms with Gasteiger partial charge in [-0.25, -0.2) is 0 Å². The largest absolute Gasteiger partial charge is 0.356 e. The lowest BCUT2D eigenvalue weighted by atomic mass is 9.99. The highest BCUT2D eigenvalue weighted by Crippen LogP contribution is 2.26. The molecule has 1 saturated heterocycles. The Bertz CT molecular complexity index is 661. The second-order valence-corrected chi connectivity index (χ2v) is 6.44. The summed E-state index contributed by atoms with van der Waals surface area (Å²) in [5, 5.41) is 7.72. The maximum atomic E-state index is 4.46. The van der Waals surface area contributed by atoms with E-state index in [0.717, 1.165) is 38.4 Å². The molecule has 0 saturated carbocycles. The predicted octanol–water partition coefficient (Wildman–Crippen LogP) is 2.42. The highest BCUT2D eigenvalue weighted by Gasteiger charge is 2.25. The van der Waals surface area contributed by atoms with Gasteiger partial charge in [0.2, 0.25) is 0 Å². The number of hydrogen-bond acceptors (Lipinski definition) is 2. The molecule has 1 aromatic carbocycles. The first-order valence-electron chi connectivity index (χ1n) is 8.74. The van der Waals surface area contributed by atoms with Crippen LogP contribution >= 0.6 is 0 Å². The molecule has 0 radical (unpaired) electrons. The summed E-state index contributed by atoms with van der Waals surface area (Å²) in [5.74, 6) is 1.64. The van der Waals surface area contributed by atoms with Crippen molar-refractivity contribution < 1.29 is 0 Å². The van der Waals surface area contributed by atoms with Crippen LogP contribution in [0.2, 0.25) is 0 Å². The van der Waals surface area contributed by atoms with Crippen LogP contribution < -0.4 is 5.32 Å². The van der Waals surface area contributed by atoms with Gasteiger partial charge < -0.3 is 10.2 Å². The van der Waals surface area contributed by atoms with Gasteiger partial charge in [-0.3, -0.25) is 9.67 Å². The van der Waals surface area contributed by atoms with E-state index in [1.807, 2.05) is 25.0 Å². The summed E-state index contributed by atoms with van der Waals surface area (Å²) in [6.07, 6.45) is 7.35. The summed E-state index contributed by atoms with van der Waals surface area (Å²) in [5.41, 5.74) is 2.73. The van der Waals surface area contributed by atoms with Crippen molar-refractivity contribution in [2.45, 2.75) is 25.2 Å². The van der Waals surface area contributed by atoms with Crippen LogP contribution in [-0.4, -0.2) is 47.3 Å². The molecule has 1 fully saturated rings. The fraction of sp³-hybridized carbons (Fsp3) is 0.474. The van der Waals surface area contributed by atoms with Crippen molar-refractivity contribution in [3.63, 3.8) is 0 Å². The minimum absolute atomic E-state index is 0.611. The molecule has 2 aromatic rings. The van der Waals surface area contributed by atoms with Gasteiger partial charge in [0.15, 0.2) is 5.96 Å². The lowest BCUT2D eigenvalue weighted by Crippen LogP contribution is -2.40. The number of hydrogen-bond donors (Lipinski definition) is 1. The summed E-state index contributed by atoms with van der Waals surface area (Å²) < 4.78 is 1.86. The number of guanidine groups is 1. The van der Waals surface area contributed by atoms with Crippen molar-refractivity contribution in [1.29, 1.82) is 0 Å². The Balaban J connectivity index is 1.45. The lowest BCUT2D eigenvalue weighted by Gasteiger charge is -2.21. The third kappa shape index (κ3) is 4.16. The zero-order valence-electron chi connectivity index (χ0n) is 14.7. The van der Waals surface area contributed by atoms with Gasteiger partial charge >= 0.3 is 0 Å². The second-order valence-electron chi connectivity index (χ2n) is 6.44. The van der Waals surface area contributed by atoms with Crippen molar-refractivity contribution in [2.75, 3.05) is 26.7 Å². The van der Waals surface area contributed by atoms with Gasteiger partial charge in [0.1, 0.15) is 0 Å². The molecule has 24 heavy (non-hydrogen) atoms. The molecule has 1 unspecified atom stereocenters. The van der Waals surface area contributed by atoms with Gasteiger partial charge in [-0.15, -0.1) is 0 Å². The van der Waals surface area contributed by atoms with E-state index in [9.17, 15) is 0 Å². The molecule has 1 aliphatic rings. The van der Waals surface area contributed by atoms with Crippen LogP contribution in [0.1, 0.15) is 29.9 Å². The van der Waals surface area contributed by atoms with E-state index >= 15 is 0 Å². The standard InChI is InChI=1S/C19H27N5/c1-20-19(21-11-6-7-16-13-22-23(2)14-16)24-12-10-18(15-24)17-8-4-3-5-9-17/h3-5,8-9,13-14,18H,6-7,10-12,15H2,1-2H3,(H,20,21).